The van der Waals surface area contributed by atoms with Gasteiger partial charge in [0.25, 0.3) is 5.56 Å². The number of pyridine rings is 2. The van der Waals surface area contributed by atoms with Crippen LogP contribution in [0.5, 0.6) is 5.75 Å². The summed E-state index contributed by atoms with van der Waals surface area (Å²) in [5, 5.41) is 9.15. The molecule has 2 aromatic heterocycles. The first-order valence-electron chi connectivity index (χ1n) is 3.78. The molecule has 2 rings (SSSR count). The van der Waals surface area contributed by atoms with Crippen LogP contribution in [0.15, 0.2) is 35.3 Å². The van der Waals surface area contributed by atoms with Gasteiger partial charge in [-0.3, -0.25) is 9.20 Å². The lowest BCUT2D eigenvalue weighted by molar-refractivity contribution is 0.471. The molecule has 4 heteroatoms. The van der Waals surface area contributed by atoms with Gasteiger partial charge in [-0.15, -0.1) is 0 Å². The summed E-state index contributed by atoms with van der Waals surface area (Å²) in [6.07, 6.45) is 1.34. The molecule has 0 aliphatic carbocycles. The van der Waals surface area contributed by atoms with Crippen molar-refractivity contribution in [3.05, 3.63) is 40.8 Å². The van der Waals surface area contributed by atoms with Crippen LogP contribution in [0.1, 0.15) is 0 Å². The van der Waals surface area contributed by atoms with E-state index in [-0.39, 0.29) is 17.0 Å². The van der Waals surface area contributed by atoms with Crippen LogP contribution in [0.3, 0.4) is 0 Å². The number of aromatic hydroxyl groups is 1. The molecule has 13 heavy (non-hydrogen) atoms. The van der Waals surface area contributed by atoms with Gasteiger partial charge in [-0.2, -0.15) is 0 Å². The maximum absolute atomic E-state index is 11.4. The largest absolute Gasteiger partial charge is 0.506 e. The van der Waals surface area contributed by atoms with Gasteiger partial charge in [-0.1, -0.05) is 0 Å². The van der Waals surface area contributed by atoms with E-state index in [4.69, 9.17) is 10.8 Å². The van der Waals surface area contributed by atoms with E-state index in [2.05, 4.69) is 0 Å². The third-order valence-corrected chi connectivity index (χ3v) is 1.86. The molecular weight excluding hydrogens is 168 g/mol. The van der Waals surface area contributed by atoms with Gasteiger partial charge in [0, 0.05) is 5.52 Å². The van der Waals surface area contributed by atoms with Crippen LogP contribution in [0.4, 0.5) is 5.69 Å². The van der Waals surface area contributed by atoms with E-state index < -0.39 is 0 Å². The smallest absolute Gasteiger partial charge is 0.278 e. The van der Waals surface area contributed by atoms with Crippen molar-refractivity contribution in [2.24, 2.45) is 0 Å². The van der Waals surface area contributed by atoms with Gasteiger partial charge in [-0.25, -0.2) is 0 Å². The predicted octanol–water partition coefficient (Wildman–Crippen LogP) is 0.587. The van der Waals surface area contributed by atoms with Crippen LogP contribution >= 0.6 is 0 Å². The number of hydrogen-bond acceptors (Lipinski definition) is 3. The average molecular weight is 176 g/mol. The summed E-state index contributed by atoms with van der Waals surface area (Å²) in [7, 11) is 0. The third kappa shape index (κ3) is 1.12. The Morgan fingerprint density at radius 1 is 1.23 bits per heavy atom. The Balaban J connectivity index is 2.97. The standard InChI is InChI=1S/C9H8N2O2/c10-8-4-2-6-1-3-7(12)5-11(6)9(8)13/h1-5,12H,10H2. The number of fused-ring (bicyclic) bond motifs is 1. The highest BCUT2D eigenvalue weighted by molar-refractivity contribution is 5.53. The zero-order valence-corrected chi connectivity index (χ0v) is 6.77. The summed E-state index contributed by atoms with van der Waals surface area (Å²) in [6.45, 7) is 0. The van der Waals surface area contributed by atoms with Gasteiger partial charge in [-0.05, 0) is 24.3 Å². The highest BCUT2D eigenvalue weighted by atomic mass is 16.3. The number of nitrogens with zero attached hydrogens (tertiary/aromatic N) is 1. The van der Waals surface area contributed by atoms with E-state index in [9.17, 15) is 4.79 Å². The molecule has 0 spiro atoms. The van der Waals surface area contributed by atoms with Crippen molar-refractivity contribution in [3.63, 3.8) is 0 Å². The summed E-state index contributed by atoms with van der Waals surface area (Å²) in [5.41, 5.74) is 5.98. The van der Waals surface area contributed by atoms with E-state index in [0.29, 0.717) is 5.52 Å². The molecule has 0 radical (unpaired) electrons. The minimum absolute atomic E-state index is 0.0419. The lowest BCUT2D eigenvalue weighted by Gasteiger charge is -2.01. The van der Waals surface area contributed by atoms with E-state index in [1.165, 1.54) is 16.7 Å². The molecule has 0 bridgehead atoms. The third-order valence-electron chi connectivity index (χ3n) is 1.86. The Morgan fingerprint density at radius 2 is 1.92 bits per heavy atom. The fourth-order valence-corrected chi connectivity index (χ4v) is 1.20. The predicted molar refractivity (Wildman–Crippen MR) is 49.7 cm³/mol. The van der Waals surface area contributed by atoms with Gasteiger partial charge < -0.3 is 10.8 Å². The fraction of sp³-hybridized carbons (Fsp3) is 0. The molecule has 4 nitrogen and oxygen atoms in total. The molecule has 0 aliphatic heterocycles. The van der Waals surface area contributed by atoms with Crippen LogP contribution in [0.25, 0.3) is 5.52 Å². The lowest BCUT2D eigenvalue weighted by atomic mass is 10.3. The van der Waals surface area contributed by atoms with Crippen LogP contribution < -0.4 is 11.3 Å². The zero-order chi connectivity index (χ0) is 9.42. The molecule has 0 saturated carbocycles. The molecular formula is C9H8N2O2. The Kier molecular flexibility index (Phi) is 1.48. The van der Waals surface area contributed by atoms with Crippen LogP contribution in [0, 0.1) is 0 Å². The molecule has 66 valence electrons. The topological polar surface area (TPSA) is 67.7 Å². The second kappa shape index (κ2) is 2.52. The SMILES string of the molecule is Nc1ccc2ccc(O)cn2c1=O. The van der Waals surface area contributed by atoms with Gasteiger partial charge in [0.1, 0.15) is 5.75 Å². The first-order valence-corrected chi connectivity index (χ1v) is 3.78. The summed E-state index contributed by atoms with van der Waals surface area (Å²) >= 11 is 0. The second-order valence-electron chi connectivity index (χ2n) is 2.78. The second-order valence-corrected chi connectivity index (χ2v) is 2.78. The Labute approximate surface area is 73.9 Å². The normalized spacial score (nSPS) is 10.5. The van der Waals surface area contributed by atoms with Gasteiger partial charge in [0.05, 0.1) is 11.9 Å². The van der Waals surface area contributed by atoms with Gasteiger partial charge >= 0.3 is 0 Å². The first-order chi connectivity index (χ1) is 6.18. The van der Waals surface area contributed by atoms with Crippen molar-refractivity contribution in [1.29, 1.82) is 0 Å². The minimum Gasteiger partial charge on any atom is -0.506 e. The lowest BCUT2D eigenvalue weighted by Crippen LogP contribution is -2.16. The average Bonchev–Trinajstić information content (AvgIpc) is 2.12. The van der Waals surface area contributed by atoms with Crippen molar-refractivity contribution in [2.45, 2.75) is 0 Å². The summed E-state index contributed by atoms with van der Waals surface area (Å²) < 4.78 is 1.31. The number of nitrogens with two attached hydrogens (primary N) is 1. The molecule has 0 fully saturated rings. The highest BCUT2D eigenvalue weighted by Crippen LogP contribution is 2.10. The summed E-state index contributed by atoms with van der Waals surface area (Å²) in [4.78, 5) is 11.4. The quantitative estimate of drug-likeness (QED) is 0.617. The van der Waals surface area contributed by atoms with Gasteiger partial charge in [0.2, 0.25) is 0 Å². The Bertz CT molecular complexity index is 511. The maximum atomic E-state index is 11.4. The molecule has 0 atom stereocenters. The van der Waals surface area contributed by atoms with Crippen molar-refractivity contribution in [1.82, 2.24) is 4.40 Å². The summed E-state index contributed by atoms with van der Waals surface area (Å²) in [5.74, 6) is 0.0419. The number of rotatable bonds is 0. The maximum Gasteiger partial charge on any atom is 0.278 e. The molecule has 0 aliphatic rings. The van der Waals surface area contributed by atoms with Crippen LogP contribution in [-0.4, -0.2) is 9.51 Å². The van der Waals surface area contributed by atoms with E-state index in [0.717, 1.165) is 0 Å². The number of nitrogen functional groups attached to an aromatic ring is 1. The molecule has 2 aromatic rings. The van der Waals surface area contributed by atoms with E-state index >= 15 is 0 Å². The molecule has 3 N–H and O–H groups in total. The Morgan fingerprint density at radius 3 is 2.69 bits per heavy atom. The number of anilines is 1. The van der Waals surface area contributed by atoms with E-state index in [1.54, 1.807) is 18.2 Å². The monoisotopic (exact) mass is 176 g/mol. The summed E-state index contributed by atoms with van der Waals surface area (Å²) in [6, 6.07) is 6.44. The van der Waals surface area contributed by atoms with Crippen LogP contribution in [0.2, 0.25) is 0 Å². The molecule has 2 heterocycles. The van der Waals surface area contributed by atoms with E-state index in [1.807, 2.05) is 0 Å². The molecule has 0 aromatic carbocycles. The van der Waals surface area contributed by atoms with Crippen molar-refractivity contribution < 1.29 is 5.11 Å². The molecule has 0 amide bonds. The zero-order valence-electron chi connectivity index (χ0n) is 6.77. The molecule has 0 saturated heterocycles. The number of hydrogen-bond donors (Lipinski definition) is 2. The van der Waals surface area contributed by atoms with Crippen molar-refractivity contribution in [2.75, 3.05) is 5.73 Å². The van der Waals surface area contributed by atoms with Crippen LogP contribution in [-0.2, 0) is 0 Å². The van der Waals surface area contributed by atoms with Crippen molar-refractivity contribution >= 4 is 11.2 Å². The minimum atomic E-state index is -0.312. The fourth-order valence-electron chi connectivity index (χ4n) is 1.20. The highest BCUT2D eigenvalue weighted by Gasteiger charge is 1.99. The first kappa shape index (κ1) is 7.67. The molecule has 0 unspecified atom stereocenters. The van der Waals surface area contributed by atoms with Crippen molar-refractivity contribution in [3.8, 4) is 5.75 Å². The van der Waals surface area contributed by atoms with Gasteiger partial charge in [0.15, 0.2) is 0 Å². The Hall–Kier alpha value is -1.97. The number of aromatic nitrogens is 1.